The third kappa shape index (κ3) is 2.59. The van der Waals surface area contributed by atoms with Gasteiger partial charge in [0.25, 0.3) is 0 Å². The molecule has 1 rings (SSSR count). The van der Waals surface area contributed by atoms with E-state index in [1.807, 2.05) is 6.20 Å². The Morgan fingerprint density at radius 3 is 2.77 bits per heavy atom. The fourth-order valence-electron chi connectivity index (χ4n) is 2.04. The van der Waals surface area contributed by atoms with Crippen molar-refractivity contribution < 1.29 is 4.84 Å². The van der Waals surface area contributed by atoms with Gasteiger partial charge in [-0.15, -0.1) is 0 Å². The van der Waals surface area contributed by atoms with Crippen molar-refractivity contribution in [1.82, 2.24) is 5.48 Å². The molecule has 13 heavy (non-hydrogen) atoms. The maximum atomic E-state index is 4.82. The second-order valence-electron chi connectivity index (χ2n) is 3.87. The highest BCUT2D eigenvalue weighted by molar-refractivity contribution is 5.23. The Labute approximate surface area is 80.6 Å². The van der Waals surface area contributed by atoms with Crippen molar-refractivity contribution in [3.05, 3.63) is 23.4 Å². The SMILES string of the molecule is CONC=C1C(C)C=C(C)CC1C. The molecular formula is C11H19NO. The zero-order valence-corrected chi connectivity index (χ0v) is 8.92. The van der Waals surface area contributed by atoms with Crippen molar-refractivity contribution in [3.63, 3.8) is 0 Å². The summed E-state index contributed by atoms with van der Waals surface area (Å²) in [4.78, 5) is 4.82. The number of rotatable bonds is 2. The summed E-state index contributed by atoms with van der Waals surface area (Å²) in [7, 11) is 1.64. The van der Waals surface area contributed by atoms with Gasteiger partial charge >= 0.3 is 0 Å². The number of nitrogens with one attached hydrogen (secondary N) is 1. The molecule has 0 aliphatic heterocycles. The zero-order valence-electron chi connectivity index (χ0n) is 8.92. The van der Waals surface area contributed by atoms with E-state index in [9.17, 15) is 0 Å². The molecule has 2 unspecified atom stereocenters. The summed E-state index contributed by atoms with van der Waals surface area (Å²) in [5, 5.41) is 0. The number of allylic oxidation sites excluding steroid dienone is 3. The minimum absolute atomic E-state index is 0.534. The third-order valence-electron chi connectivity index (χ3n) is 2.60. The lowest BCUT2D eigenvalue weighted by Crippen LogP contribution is -2.16. The molecule has 0 aromatic rings. The van der Waals surface area contributed by atoms with Gasteiger partial charge in [0.15, 0.2) is 0 Å². The smallest absolute Gasteiger partial charge is 0.0636 e. The Morgan fingerprint density at radius 2 is 2.23 bits per heavy atom. The molecule has 1 N–H and O–H groups in total. The van der Waals surface area contributed by atoms with Crippen LogP contribution >= 0.6 is 0 Å². The summed E-state index contributed by atoms with van der Waals surface area (Å²) in [5.41, 5.74) is 5.72. The first-order valence-corrected chi connectivity index (χ1v) is 4.81. The molecule has 0 aromatic heterocycles. The summed E-state index contributed by atoms with van der Waals surface area (Å²) in [6.45, 7) is 6.69. The molecule has 0 aromatic carbocycles. The maximum absolute atomic E-state index is 4.82. The normalized spacial score (nSPS) is 31.7. The van der Waals surface area contributed by atoms with E-state index in [2.05, 4.69) is 32.3 Å². The Morgan fingerprint density at radius 1 is 1.54 bits per heavy atom. The van der Waals surface area contributed by atoms with Crippen LogP contribution in [-0.2, 0) is 4.84 Å². The highest BCUT2D eigenvalue weighted by atomic mass is 16.6. The quantitative estimate of drug-likeness (QED) is 0.522. The fourth-order valence-corrected chi connectivity index (χ4v) is 2.04. The van der Waals surface area contributed by atoms with E-state index < -0.39 is 0 Å². The molecule has 74 valence electrons. The summed E-state index contributed by atoms with van der Waals surface area (Å²) in [6, 6.07) is 0. The zero-order chi connectivity index (χ0) is 9.84. The summed E-state index contributed by atoms with van der Waals surface area (Å²) >= 11 is 0. The lowest BCUT2D eigenvalue weighted by atomic mass is 9.80. The molecule has 0 saturated carbocycles. The topological polar surface area (TPSA) is 21.3 Å². The number of hydroxylamine groups is 1. The first kappa shape index (κ1) is 10.3. The van der Waals surface area contributed by atoms with Crippen molar-refractivity contribution in [3.8, 4) is 0 Å². The molecule has 0 radical (unpaired) electrons. The molecule has 0 saturated heterocycles. The van der Waals surface area contributed by atoms with Gasteiger partial charge in [-0.05, 0) is 30.8 Å². The Kier molecular flexibility index (Phi) is 3.55. The number of hydrogen-bond donors (Lipinski definition) is 1. The summed E-state index contributed by atoms with van der Waals surface area (Å²) in [5.74, 6) is 1.16. The van der Waals surface area contributed by atoms with Crippen LogP contribution in [0, 0.1) is 11.8 Å². The van der Waals surface area contributed by atoms with Gasteiger partial charge in [-0.1, -0.05) is 25.5 Å². The van der Waals surface area contributed by atoms with Crippen molar-refractivity contribution in [2.24, 2.45) is 11.8 Å². The van der Waals surface area contributed by atoms with Gasteiger partial charge < -0.3 is 0 Å². The van der Waals surface area contributed by atoms with Crippen LogP contribution in [0.3, 0.4) is 0 Å². The van der Waals surface area contributed by atoms with Crippen LogP contribution in [0.1, 0.15) is 27.2 Å². The molecular weight excluding hydrogens is 162 g/mol. The first-order chi connectivity index (χ1) is 6.15. The lowest BCUT2D eigenvalue weighted by molar-refractivity contribution is 0.126. The Hall–Kier alpha value is -0.760. The molecule has 0 heterocycles. The van der Waals surface area contributed by atoms with Crippen LogP contribution in [0.25, 0.3) is 0 Å². The lowest BCUT2D eigenvalue weighted by Gasteiger charge is -2.26. The minimum Gasteiger partial charge on any atom is -0.280 e. The largest absolute Gasteiger partial charge is 0.280 e. The molecule has 1 aliphatic carbocycles. The van der Waals surface area contributed by atoms with Gasteiger partial charge in [0.1, 0.15) is 0 Å². The second kappa shape index (κ2) is 4.47. The van der Waals surface area contributed by atoms with Crippen molar-refractivity contribution >= 4 is 0 Å². The highest BCUT2D eigenvalue weighted by Crippen LogP contribution is 2.32. The van der Waals surface area contributed by atoms with Crippen LogP contribution in [0.15, 0.2) is 23.4 Å². The van der Waals surface area contributed by atoms with Crippen molar-refractivity contribution in [1.29, 1.82) is 0 Å². The monoisotopic (exact) mass is 181 g/mol. The van der Waals surface area contributed by atoms with Gasteiger partial charge in [-0.3, -0.25) is 10.3 Å². The van der Waals surface area contributed by atoms with E-state index in [4.69, 9.17) is 4.84 Å². The summed E-state index contributed by atoms with van der Waals surface area (Å²) < 4.78 is 0. The van der Waals surface area contributed by atoms with Gasteiger partial charge in [-0.2, -0.15) is 0 Å². The average molecular weight is 181 g/mol. The van der Waals surface area contributed by atoms with Gasteiger partial charge in [0, 0.05) is 6.20 Å². The van der Waals surface area contributed by atoms with Crippen LogP contribution in [-0.4, -0.2) is 7.11 Å². The van der Waals surface area contributed by atoms with Crippen LogP contribution in [0.5, 0.6) is 0 Å². The van der Waals surface area contributed by atoms with E-state index in [-0.39, 0.29) is 0 Å². The van der Waals surface area contributed by atoms with E-state index >= 15 is 0 Å². The molecule has 0 amide bonds. The van der Waals surface area contributed by atoms with Crippen molar-refractivity contribution in [2.75, 3.05) is 7.11 Å². The molecule has 0 spiro atoms. The second-order valence-corrected chi connectivity index (χ2v) is 3.87. The third-order valence-corrected chi connectivity index (χ3v) is 2.60. The Balaban J connectivity index is 2.74. The highest BCUT2D eigenvalue weighted by Gasteiger charge is 2.19. The standard InChI is InChI=1S/C11H19NO/c1-8-5-9(2)11(7-12-13-4)10(3)6-8/h5,7,9-10,12H,6H2,1-4H3. The van der Waals surface area contributed by atoms with E-state index in [0.29, 0.717) is 11.8 Å². The van der Waals surface area contributed by atoms with Crippen LogP contribution in [0.4, 0.5) is 0 Å². The number of hydrogen-bond acceptors (Lipinski definition) is 2. The van der Waals surface area contributed by atoms with Gasteiger partial charge in [-0.25, -0.2) is 0 Å². The van der Waals surface area contributed by atoms with Crippen LogP contribution < -0.4 is 5.48 Å². The average Bonchev–Trinajstić information content (AvgIpc) is 2.02. The molecule has 1 aliphatic rings. The maximum Gasteiger partial charge on any atom is 0.0636 e. The Bertz CT molecular complexity index is 230. The fraction of sp³-hybridized carbons (Fsp3) is 0.636. The molecule has 0 fully saturated rings. The molecule has 2 atom stereocenters. The molecule has 0 bridgehead atoms. The first-order valence-electron chi connectivity index (χ1n) is 4.81. The molecule has 2 heteroatoms. The molecule has 2 nitrogen and oxygen atoms in total. The van der Waals surface area contributed by atoms with Crippen molar-refractivity contribution in [2.45, 2.75) is 27.2 Å². The van der Waals surface area contributed by atoms with Crippen LogP contribution in [0.2, 0.25) is 0 Å². The van der Waals surface area contributed by atoms with E-state index in [0.717, 1.165) is 0 Å². The predicted octanol–water partition coefficient (Wildman–Crippen LogP) is 2.64. The van der Waals surface area contributed by atoms with Gasteiger partial charge in [0.05, 0.1) is 7.11 Å². The van der Waals surface area contributed by atoms with E-state index in [1.165, 1.54) is 17.6 Å². The minimum atomic E-state index is 0.534. The van der Waals surface area contributed by atoms with Gasteiger partial charge in [0.2, 0.25) is 0 Å². The predicted molar refractivity (Wildman–Crippen MR) is 54.9 cm³/mol. The summed E-state index contributed by atoms with van der Waals surface area (Å²) in [6.07, 6.45) is 5.48. The van der Waals surface area contributed by atoms with E-state index in [1.54, 1.807) is 7.11 Å².